The zero-order valence-electron chi connectivity index (χ0n) is 13.5. The molecule has 0 fully saturated rings. The molecule has 0 bridgehead atoms. The summed E-state index contributed by atoms with van der Waals surface area (Å²) in [4.78, 5) is 28.0. The highest BCUT2D eigenvalue weighted by atomic mass is 35.5. The zero-order valence-corrected chi connectivity index (χ0v) is 15.0. The number of anilines is 1. The largest absolute Gasteiger partial charge is 0.478 e. The van der Waals surface area contributed by atoms with Crippen LogP contribution in [0.5, 0.6) is 5.75 Å². The molecule has 1 aromatic heterocycles. The van der Waals surface area contributed by atoms with Gasteiger partial charge in [0.15, 0.2) is 16.4 Å². The fraction of sp³-hybridized carbons (Fsp3) is 0.312. The maximum atomic E-state index is 12.4. The van der Waals surface area contributed by atoms with Gasteiger partial charge in [0.05, 0.1) is 6.61 Å². The van der Waals surface area contributed by atoms with E-state index in [4.69, 9.17) is 21.1 Å². The van der Waals surface area contributed by atoms with Crippen molar-refractivity contribution in [2.45, 2.75) is 26.4 Å². The lowest BCUT2D eigenvalue weighted by Gasteiger charge is -2.24. The van der Waals surface area contributed by atoms with Crippen molar-refractivity contribution >= 4 is 39.9 Å². The van der Waals surface area contributed by atoms with Crippen molar-refractivity contribution in [2.24, 2.45) is 0 Å². The second-order valence-corrected chi connectivity index (χ2v) is 6.57. The topological polar surface area (TPSA) is 77.5 Å². The van der Waals surface area contributed by atoms with Gasteiger partial charge in [0.2, 0.25) is 0 Å². The third-order valence-electron chi connectivity index (χ3n) is 2.94. The Morgan fingerprint density at radius 1 is 1.29 bits per heavy atom. The molecule has 0 aliphatic rings. The number of nitrogens with one attached hydrogen (secondary N) is 1. The molecule has 0 spiro atoms. The van der Waals surface area contributed by atoms with E-state index in [2.05, 4.69) is 10.3 Å². The molecular weight excluding hydrogens is 352 g/mol. The van der Waals surface area contributed by atoms with Gasteiger partial charge in [-0.15, -0.1) is 11.3 Å². The number of carbonyl (C=O) groups is 2. The molecule has 8 heteroatoms. The first-order valence-corrected chi connectivity index (χ1v) is 8.46. The summed E-state index contributed by atoms with van der Waals surface area (Å²) in [7, 11) is 0. The maximum absolute atomic E-state index is 12.4. The Labute approximate surface area is 148 Å². The van der Waals surface area contributed by atoms with E-state index in [0.29, 0.717) is 15.9 Å². The molecule has 1 aromatic carbocycles. The normalized spacial score (nSPS) is 11.0. The molecule has 0 aliphatic carbocycles. The number of hydrogen-bond donors (Lipinski definition) is 1. The fourth-order valence-electron chi connectivity index (χ4n) is 1.72. The molecule has 0 aliphatic heterocycles. The van der Waals surface area contributed by atoms with Gasteiger partial charge >= 0.3 is 5.97 Å². The SMILES string of the molecule is CCOC(=O)c1csc(NC(=O)C(C)(C)Oc2ccc(Cl)cc2)n1. The van der Waals surface area contributed by atoms with E-state index in [1.807, 2.05) is 0 Å². The van der Waals surface area contributed by atoms with Crippen LogP contribution in [0.25, 0.3) is 0 Å². The number of carbonyl (C=O) groups excluding carboxylic acids is 2. The number of halogens is 1. The van der Waals surface area contributed by atoms with Crippen molar-refractivity contribution in [1.29, 1.82) is 0 Å². The minimum atomic E-state index is -1.14. The maximum Gasteiger partial charge on any atom is 0.357 e. The number of thiazole rings is 1. The molecule has 0 saturated carbocycles. The highest BCUT2D eigenvalue weighted by Gasteiger charge is 2.31. The van der Waals surface area contributed by atoms with Gasteiger partial charge in [-0.3, -0.25) is 10.1 Å². The van der Waals surface area contributed by atoms with Crippen molar-refractivity contribution < 1.29 is 19.1 Å². The summed E-state index contributed by atoms with van der Waals surface area (Å²) >= 11 is 6.96. The second-order valence-electron chi connectivity index (χ2n) is 5.28. The van der Waals surface area contributed by atoms with Crippen molar-refractivity contribution in [3.05, 3.63) is 40.4 Å². The average Bonchev–Trinajstić information content (AvgIpc) is 2.98. The van der Waals surface area contributed by atoms with Gasteiger partial charge in [-0.05, 0) is 45.0 Å². The molecule has 6 nitrogen and oxygen atoms in total. The zero-order chi connectivity index (χ0) is 17.7. The number of hydrogen-bond acceptors (Lipinski definition) is 6. The van der Waals surface area contributed by atoms with Crippen molar-refractivity contribution in [2.75, 3.05) is 11.9 Å². The molecule has 1 N–H and O–H groups in total. The predicted octanol–water partition coefficient (Wildman–Crippen LogP) is 3.77. The van der Waals surface area contributed by atoms with Gasteiger partial charge in [0.1, 0.15) is 5.75 Å². The highest BCUT2D eigenvalue weighted by molar-refractivity contribution is 7.14. The Morgan fingerprint density at radius 3 is 2.58 bits per heavy atom. The summed E-state index contributed by atoms with van der Waals surface area (Å²) < 4.78 is 10.6. The van der Waals surface area contributed by atoms with Crippen LogP contribution in [0.2, 0.25) is 5.02 Å². The summed E-state index contributed by atoms with van der Waals surface area (Å²) in [6.07, 6.45) is 0. The Balaban J connectivity index is 2.02. The first-order chi connectivity index (χ1) is 11.3. The summed E-state index contributed by atoms with van der Waals surface area (Å²) in [5.41, 5.74) is -0.975. The number of benzene rings is 1. The minimum absolute atomic E-state index is 0.161. The summed E-state index contributed by atoms with van der Waals surface area (Å²) in [5.74, 6) is -0.390. The van der Waals surface area contributed by atoms with Crippen LogP contribution in [-0.4, -0.2) is 29.1 Å². The van der Waals surface area contributed by atoms with Crippen LogP contribution in [0, 0.1) is 0 Å². The van der Waals surface area contributed by atoms with Crippen LogP contribution in [0.3, 0.4) is 0 Å². The number of ether oxygens (including phenoxy) is 2. The Morgan fingerprint density at radius 2 is 1.96 bits per heavy atom. The van der Waals surface area contributed by atoms with Crippen molar-refractivity contribution in [3.8, 4) is 5.75 Å². The lowest BCUT2D eigenvalue weighted by Crippen LogP contribution is -2.42. The quantitative estimate of drug-likeness (QED) is 0.785. The number of rotatable bonds is 6. The molecule has 1 heterocycles. The van der Waals surface area contributed by atoms with Gasteiger partial charge in [-0.1, -0.05) is 11.6 Å². The first kappa shape index (κ1) is 18.2. The molecule has 2 aromatic rings. The second kappa shape index (κ2) is 7.63. The van der Waals surface area contributed by atoms with E-state index in [1.54, 1.807) is 45.0 Å². The average molecular weight is 369 g/mol. The molecule has 1 amide bonds. The lowest BCUT2D eigenvalue weighted by molar-refractivity contribution is -0.128. The first-order valence-electron chi connectivity index (χ1n) is 7.20. The van der Waals surface area contributed by atoms with Crippen LogP contribution < -0.4 is 10.1 Å². The van der Waals surface area contributed by atoms with Gasteiger partial charge < -0.3 is 9.47 Å². The predicted molar refractivity (Wildman–Crippen MR) is 92.9 cm³/mol. The standard InChI is InChI=1S/C16H17ClN2O4S/c1-4-22-13(20)12-9-24-15(18-12)19-14(21)16(2,3)23-11-7-5-10(17)6-8-11/h5-9H,4H2,1-3H3,(H,18,19,21). The van der Waals surface area contributed by atoms with Crippen molar-refractivity contribution in [3.63, 3.8) is 0 Å². The fourth-order valence-corrected chi connectivity index (χ4v) is 2.52. The van der Waals surface area contributed by atoms with Crippen LogP contribution in [0.4, 0.5) is 5.13 Å². The Kier molecular flexibility index (Phi) is 5.80. The monoisotopic (exact) mass is 368 g/mol. The van der Waals surface area contributed by atoms with Crippen LogP contribution in [-0.2, 0) is 9.53 Å². The summed E-state index contributed by atoms with van der Waals surface area (Å²) in [5, 5.41) is 5.05. The van der Waals surface area contributed by atoms with Gasteiger partial charge in [0.25, 0.3) is 5.91 Å². The van der Waals surface area contributed by atoms with Crippen LogP contribution in [0.1, 0.15) is 31.3 Å². The van der Waals surface area contributed by atoms with E-state index in [1.165, 1.54) is 5.38 Å². The van der Waals surface area contributed by atoms with Gasteiger partial charge in [0, 0.05) is 10.4 Å². The number of nitrogens with zero attached hydrogens (tertiary/aromatic N) is 1. The Bertz CT molecular complexity index is 728. The molecule has 24 heavy (non-hydrogen) atoms. The van der Waals surface area contributed by atoms with E-state index in [-0.39, 0.29) is 18.2 Å². The molecule has 2 rings (SSSR count). The van der Waals surface area contributed by atoms with Gasteiger partial charge in [-0.25, -0.2) is 9.78 Å². The van der Waals surface area contributed by atoms with Crippen LogP contribution >= 0.6 is 22.9 Å². The van der Waals surface area contributed by atoms with E-state index in [9.17, 15) is 9.59 Å². The van der Waals surface area contributed by atoms with Crippen molar-refractivity contribution in [1.82, 2.24) is 4.98 Å². The Hall–Kier alpha value is -2.12. The van der Waals surface area contributed by atoms with E-state index < -0.39 is 11.6 Å². The third-order valence-corrected chi connectivity index (χ3v) is 3.95. The number of amides is 1. The van der Waals surface area contributed by atoms with E-state index in [0.717, 1.165) is 11.3 Å². The lowest BCUT2D eigenvalue weighted by atomic mass is 10.1. The third kappa shape index (κ3) is 4.69. The molecular formula is C16H17ClN2O4S. The molecule has 0 unspecified atom stereocenters. The summed E-state index contributed by atoms with van der Waals surface area (Å²) in [6.45, 7) is 5.25. The molecule has 0 radical (unpaired) electrons. The minimum Gasteiger partial charge on any atom is -0.478 e. The summed E-state index contributed by atoms with van der Waals surface area (Å²) in [6, 6.07) is 6.72. The smallest absolute Gasteiger partial charge is 0.357 e. The van der Waals surface area contributed by atoms with E-state index >= 15 is 0 Å². The molecule has 0 saturated heterocycles. The molecule has 128 valence electrons. The van der Waals surface area contributed by atoms with Gasteiger partial charge in [-0.2, -0.15) is 0 Å². The number of aromatic nitrogens is 1. The highest BCUT2D eigenvalue weighted by Crippen LogP contribution is 2.23. The molecule has 0 atom stereocenters. The van der Waals surface area contributed by atoms with Crippen LogP contribution in [0.15, 0.2) is 29.6 Å². The number of esters is 1.